The Balaban J connectivity index is 2.32. The van der Waals surface area contributed by atoms with E-state index in [4.69, 9.17) is 5.26 Å². The van der Waals surface area contributed by atoms with E-state index < -0.39 is 0 Å². The summed E-state index contributed by atoms with van der Waals surface area (Å²) in [6.07, 6.45) is 0. The van der Waals surface area contributed by atoms with Crippen molar-refractivity contribution in [3.8, 4) is 6.07 Å². The van der Waals surface area contributed by atoms with Crippen molar-refractivity contribution in [1.82, 2.24) is 0 Å². The van der Waals surface area contributed by atoms with Gasteiger partial charge in [-0.1, -0.05) is 12.1 Å². The summed E-state index contributed by atoms with van der Waals surface area (Å²) in [7, 11) is 0. The van der Waals surface area contributed by atoms with Crippen molar-refractivity contribution in [2.75, 3.05) is 5.32 Å². The Morgan fingerprint density at radius 3 is 2.65 bits per heavy atom. The Hall–Kier alpha value is -1.86. The number of anilines is 2. The van der Waals surface area contributed by atoms with E-state index in [-0.39, 0.29) is 5.82 Å². The van der Waals surface area contributed by atoms with E-state index in [1.54, 1.807) is 30.3 Å². The standard InChI is InChI=1S/C13H8BrFN2/c14-11-6-5-10(7-12(11)15)17-13-4-2-1-3-9(13)8-16/h1-7,17H. The third-order valence-electron chi connectivity index (χ3n) is 2.25. The molecule has 2 aromatic carbocycles. The first-order valence-corrected chi connectivity index (χ1v) is 5.71. The Kier molecular flexibility index (Phi) is 3.40. The van der Waals surface area contributed by atoms with Crippen LogP contribution in [0.2, 0.25) is 0 Å². The third-order valence-corrected chi connectivity index (χ3v) is 2.89. The number of halogens is 2. The van der Waals surface area contributed by atoms with Gasteiger partial charge in [0.15, 0.2) is 0 Å². The predicted molar refractivity (Wildman–Crippen MR) is 68.5 cm³/mol. The Morgan fingerprint density at radius 1 is 1.18 bits per heavy atom. The highest BCUT2D eigenvalue weighted by Gasteiger charge is 2.03. The minimum absolute atomic E-state index is 0.343. The number of para-hydroxylation sites is 1. The molecule has 0 fully saturated rings. The first kappa shape index (κ1) is 11.6. The number of nitrogens with one attached hydrogen (secondary N) is 1. The molecule has 4 heteroatoms. The Labute approximate surface area is 107 Å². The van der Waals surface area contributed by atoms with Gasteiger partial charge in [0, 0.05) is 5.69 Å². The van der Waals surface area contributed by atoms with Crippen molar-refractivity contribution in [3.05, 3.63) is 58.3 Å². The topological polar surface area (TPSA) is 35.8 Å². The van der Waals surface area contributed by atoms with Crippen LogP contribution in [0.4, 0.5) is 15.8 Å². The van der Waals surface area contributed by atoms with Gasteiger partial charge >= 0.3 is 0 Å². The summed E-state index contributed by atoms with van der Waals surface area (Å²) in [5, 5.41) is 11.9. The normalized spacial score (nSPS) is 9.71. The molecule has 2 nitrogen and oxygen atoms in total. The second-order valence-corrected chi connectivity index (χ2v) is 4.27. The van der Waals surface area contributed by atoms with E-state index in [0.29, 0.717) is 21.4 Å². The molecule has 0 aliphatic heterocycles. The van der Waals surface area contributed by atoms with Crippen molar-refractivity contribution in [2.24, 2.45) is 0 Å². The van der Waals surface area contributed by atoms with E-state index in [9.17, 15) is 4.39 Å². The number of hydrogen-bond donors (Lipinski definition) is 1. The smallest absolute Gasteiger partial charge is 0.139 e. The molecule has 17 heavy (non-hydrogen) atoms. The molecule has 0 aliphatic rings. The molecule has 0 saturated carbocycles. The molecule has 0 heterocycles. The highest BCUT2D eigenvalue weighted by Crippen LogP contribution is 2.24. The maximum absolute atomic E-state index is 13.3. The SMILES string of the molecule is N#Cc1ccccc1Nc1ccc(Br)c(F)c1. The van der Waals surface area contributed by atoms with Crippen LogP contribution in [0, 0.1) is 17.1 Å². The van der Waals surface area contributed by atoms with E-state index in [1.165, 1.54) is 6.07 Å². The molecule has 0 amide bonds. The lowest BCUT2D eigenvalue weighted by Gasteiger charge is -2.08. The summed E-state index contributed by atoms with van der Waals surface area (Å²) >= 11 is 3.09. The average Bonchev–Trinajstić information content (AvgIpc) is 2.34. The summed E-state index contributed by atoms with van der Waals surface area (Å²) in [6, 6.07) is 13.9. The summed E-state index contributed by atoms with van der Waals surface area (Å²) in [4.78, 5) is 0. The lowest BCUT2D eigenvalue weighted by Crippen LogP contribution is -1.94. The Morgan fingerprint density at radius 2 is 1.94 bits per heavy atom. The van der Waals surface area contributed by atoms with Crippen LogP contribution in [-0.4, -0.2) is 0 Å². The molecule has 0 bridgehead atoms. The molecule has 0 spiro atoms. The second kappa shape index (κ2) is 4.98. The van der Waals surface area contributed by atoms with Crippen LogP contribution in [0.15, 0.2) is 46.9 Å². The van der Waals surface area contributed by atoms with Gasteiger partial charge in [0.1, 0.15) is 11.9 Å². The molecule has 0 unspecified atom stereocenters. The van der Waals surface area contributed by atoms with Gasteiger partial charge in [-0.2, -0.15) is 5.26 Å². The monoisotopic (exact) mass is 290 g/mol. The zero-order chi connectivity index (χ0) is 12.3. The lowest BCUT2D eigenvalue weighted by molar-refractivity contribution is 0.622. The van der Waals surface area contributed by atoms with Crippen LogP contribution < -0.4 is 5.32 Å². The average molecular weight is 291 g/mol. The quantitative estimate of drug-likeness (QED) is 0.900. The van der Waals surface area contributed by atoms with Crippen molar-refractivity contribution in [3.63, 3.8) is 0 Å². The number of hydrogen-bond acceptors (Lipinski definition) is 2. The molecule has 0 aromatic heterocycles. The van der Waals surface area contributed by atoms with E-state index in [1.807, 2.05) is 6.07 Å². The van der Waals surface area contributed by atoms with Gasteiger partial charge in [-0.05, 0) is 46.3 Å². The third kappa shape index (κ3) is 2.63. The second-order valence-electron chi connectivity index (χ2n) is 3.41. The molecule has 84 valence electrons. The van der Waals surface area contributed by atoms with Crippen LogP contribution in [0.25, 0.3) is 0 Å². The summed E-state index contributed by atoms with van der Waals surface area (Å²) < 4.78 is 13.7. The van der Waals surface area contributed by atoms with Crippen molar-refractivity contribution in [2.45, 2.75) is 0 Å². The van der Waals surface area contributed by atoms with Gasteiger partial charge in [-0.25, -0.2) is 4.39 Å². The lowest BCUT2D eigenvalue weighted by atomic mass is 10.2. The first-order chi connectivity index (χ1) is 8.20. The van der Waals surface area contributed by atoms with E-state index in [0.717, 1.165) is 0 Å². The first-order valence-electron chi connectivity index (χ1n) is 4.92. The van der Waals surface area contributed by atoms with E-state index in [2.05, 4.69) is 27.3 Å². The minimum atomic E-state index is -0.343. The maximum Gasteiger partial charge on any atom is 0.139 e. The van der Waals surface area contributed by atoms with Gasteiger partial charge < -0.3 is 5.32 Å². The fourth-order valence-corrected chi connectivity index (χ4v) is 1.67. The van der Waals surface area contributed by atoms with Crippen LogP contribution in [-0.2, 0) is 0 Å². The Bertz CT molecular complexity index is 590. The van der Waals surface area contributed by atoms with Gasteiger partial charge in [-0.3, -0.25) is 0 Å². The van der Waals surface area contributed by atoms with Crippen molar-refractivity contribution in [1.29, 1.82) is 5.26 Å². The van der Waals surface area contributed by atoms with Crippen LogP contribution in [0.5, 0.6) is 0 Å². The summed E-state index contributed by atoms with van der Waals surface area (Å²) in [6.45, 7) is 0. The molecule has 0 atom stereocenters. The number of nitriles is 1. The van der Waals surface area contributed by atoms with Gasteiger partial charge in [-0.15, -0.1) is 0 Å². The van der Waals surface area contributed by atoms with Crippen LogP contribution >= 0.6 is 15.9 Å². The van der Waals surface area contributed by atoms with Crippen molar-refractivity contribution < 1.29 is 4.39 Å². The van der Waals surface area contributed by atoms with Gasteiger partial charge in [0.2, 0.25) is 0 Å². The molecule has 0 radical (unpaired) electrons. The molecule has 2 rings (SSSR count). The largest absolute Gasteiger partial charge is 0.354 e. The summed E-state index contributed by atoms with van der Waals surface area (Å²) in [5.41, 5.74) is 1.79. The minimum Gasteiger partial charge on any atom is -0.354 e. The molecule has 1 N–H and O–H groups in total. The zero-order valence-electron chi connectivity index (χ0n) is 8.74. The summed E-state index contributed by atoms with van der Waals surface area (Å²) in [5.74, 6) is -0.343. The van der Waals surface area contributed by atoms with Crippen molar-refractivity contribution >= 4 is 27.3 Å². The highest BCUT2D eigenvalue weighted by molar-refractivity contribution is 9.10. The van der Waals surface area contributed by atoms with Crippen LogP contribution in [0.1, 0.15) is 5.56 Å². The fourth-order valence-electron chi connectivity index (χ4n) is 1.42. The maximum atomic E-state index is 13.3. The zero-order valence-corrected chi connectivity index (χ0v) is 10.3. The van der Waals surface area contributed by atoms with Crippen LogP contribution in [0.3, 0.4) is 0 Å². The molecular weight excluding hydrogens is 283 g/mol. The molecule has 2 aromatic rings. The van der Waals surface area contributed by atoms with Gasteiger partial charge in [0.05, 0.1) is 15.7 Å². The highest BCUT2D eigenvalue weighted by atomic mass is 79.9. The molecular formula is C13H8BrFN2. The number of benzene rings is 2. The predicted octanol–water partition coefficient (Wildman–Crippen LogP) is 4.20. The number of nitrogens with zero attached hydrogens (tertiary/aromatic N) is 1. The fraction of sp³-hybridized carbons (Fsp3) is 0. The van der Waals surface area contributed by atoms with Gasteiger partial charge in [0.25, 0.3) is 0 Å². The van der Waals surface area contributed by atoms with E-state index >= 15 is 0 Å². The molecule has 0 saturated heterocycles. The molecule has 0 aliphatic carbocycles. The number of rotatable bonds is 2.